The number of rotatable bonds is 3. The van der Waals surface area contributed by atoms with Crippen molar-refractivity contribution in [2.75, 3.05) is 26.2 Å². The summed E-state index contributed by atoms with van der Waals surface area (Å²) in [6.45, 7) is -0.451. The number of carbonyl (C=O) groups is 1. The van der Waals surface area contributed by atoms with Gasteiger partial charge in [0.05, 0.1) is 19.6 Å². The number of benzene rings is 1. The normalized spacial score (nSPS) is 15.2. The molecule has 1 aliphatic heterocycles. The molecule has 0 bridgehead atoms. The average molecular weight is 288 g/mol. The lowest BCUT2D eigenvalue weighted by Gasteiger charge is -2.20. The van der Waals surface area contributed by atoms with Gasteiger partial charge in [-0.2, -0.15) is 13.2 Å². The van der Waals surface area contributed by atoms with E-state index in [0.29, 0.717) is 25.4 Å². The van der Waals surface area contributed by atoms with Gasteiger partial charge in [0, 0.05) is 12.1 Å². The van der Waals surface area contributed by atoms with E-state index in [1.54, 1.807) is 0 Å². The Bertz CT molecular complexity index is 477. The predicted octanol–water partition coefficient (Wildman–Crippen LogP) is 1.56. The molecule has 0 radical (unpaired) electrons. The monoisotopic (exact) mass is 288 g/mol. The Balaban J connectivity index is 1.91. The first-order chi connectivity index (χ1) is 9.46. The summed E-state index contributed by atoms with van der Waals surface area (Å²) in [6.07, 6.45) is -4.31. The van der Waals surface area contributed by atoms with Crippen LogP contribution in [0.4, 0.5) is 13.2 Å². The van der Waals surface area contributed by atoms with Crippen LogP contribution in [-0.4, -0.2) is 43.2 Å². The zero-order chi connectivity index (χ0) is 14.6. The third-order valence-electron chi connectivity index (χ3n) is 2.91. The molecule has 4 nitrogen and oxygen atoms in total. The molecule has 20 heavy (non-hydrogen) atoms. The van der Waals surface area contributed by atoms with E-state index in [2.05, 4.69) is 5.32 Å². The van der Waals surface area contributed by atoms with Crippen molar-refractivity contribution in [1.29, 1.82) is 0 Å². The maximum Gasteiger partial charge on any atom is 0.401 e. The van der Waals surface area contributed by atoms with Gasteiger partial charge in [-0.3, -0.25) is 4.79 Å². The molecule has 1 aromatic rings. The van der Waals surface area contributed by atoms with E-state index in [4.69, 9.17) is 4.74 Å². The summed E-state index contributed by atoms with van der Waals surface area (Å²) < 4.78 is 41.5. The minimum absolute atomic E-state index is 0.332. The van der Waals surface area contributed by atoms with E-state index in [9.17, 15) is 18.0 Å². The maximum atomic E-state index is 12.0. The highest BCUT2D eigenvalue weighted by Gasteiger charge is 2.27. The standard InChI is InChI=1S/C13H15F3N2O2/c14-13(15,16)9-17-7-12(19)18-5-6-20-11-4-2-1-3-10(11)8-18/h1-4,17H,5-9H2. The topological polar surface area (TPSA) is 41.6 Å². The molecule has 0 saturated carbocycles. The van der Waals surface area contributed by atoms with Gasteiger partial charge in [-0.05, 0) is 6.07 Å². The molecular weight excluding hydrogens is 273 g/mol. The Labute approximate surface area is 114 Å². The van der Waals surface area contributed by atoms with E-state index >= 15 is 0 Å². The van der Waals surface area contributed by atoms with Gasteiger partial charge in [0.1, 0.15) is 12.4 Å². The second-order valence-electron chi connectivity index (χ2n) is 4.49. The summed E-state index contributed by atoms with van der Waals surface area (Å²) in [5, 5.41) is 2.11. The minimum atomic E-state index is -4.31. The highest BCUT2D eigenvalue weighted by atomic mass is 19.4. The number of alkyl halides is 3. The molecule has 1 aliphatic rings. The van der Waals surface area contributed by atoms with Gasteiger partial charge in [-0.15, -0.1) is 0 Å². The van der Waals surface area contributed by atoms with Gasteiger partial charge in [-0.1, -0.05) is 18.2 Å². The molecule has 0 fully saturated rings. The number of para-hydroxylation sites is 1. The van der Waals surface area contributed by atoms with E-state index in [1.165, 1.54) is 4.90 Å². The number of halogens is 3. The van der Waals surface area contributed by atoms with Crippen LogP contribution in [0.1, 0.15) is 5.56 Å². The van der Waals surface area contributed by atoms with Crippen LogP contribution in [0.2, 0.25) is 0 Å². The van der Waals surface area contributed by atoms with Crippen LogP contribution in [0, 0.1) is 0 Å². The largest absolute Gasteiger partial charge is 0.491 e. The van der Waals surface area contributed by atoms with Crippen LogP contribution in [0.15, 0.2) is 24.3 Å². The fourth-order valence-electron chi connectivity index (χ4n) is 1.96. The van der Waals surface area contributed by atoms with Crippen molar-refractivity contribution in [1.82, 2.24) is 10.2 Å². The first kappa shape index (κ1) is 14.6. The molecule has 1 aromatic carbocycles. The number of hydrogen-bond donors (Lipinski definition) is 1. The summed E-state index contributed by atoms with van der Waals surface area (Å²) in [4.78, 5) is 13.4. The molecule has 0 aliphatic carbocycles. The molecule has 1 amide bonds. The zero-order valence-corrected chi connectivity index (χ0v) is 10.7. The second kappa shape index (κ2) is 6.13. The molecule has 0 atom stereocenters. The fraction of sp³-hybridized carbons (Fsp3) is 0.462. The van der Waals surface area contributed by atoms with Crippen molar-refractivity contribution in [3.8, 4) is 5.75 Å². The number of carbonyl (C=O) groups excluding carboxylic acids is 1. The van der Waals surface area contributed by atoms with E-state index in [1.807, 2.05) is 24.3 Å². The van der Waals surface area contributed by atoms with Crippen LogP contribution in [0.5, 0.6) is 5.75 Å². The smallest absolute Gasteiger partial charge is 0.401 e. The Kier molecular flexibility index (Phi) is 4.49. The van der Waals surface area contributed by atoms with Crippen LogP contribution in [-0.2, 0) is 11.3 Å². The lowest BCUT2D eigenvalue weighted by atomic mass is 10.2. The van der Waals surface area contributed by atoms with Gasteiger partial charge >= 0.3 is 6.18 Å². The number of nitrogens with one attached hydrogen (secondary N) is 1. The molecule has 2 rings (SSSR count). The van der Waals surface area contributed by atoms with E-state index in [-0.39, 0.29) is 12.5 Å². The van der Waals surface area contributed by atoms with E-state index < -0.39 is 12.7 Å². The van der Waals surface area contributed by atoms with Crippen molar-refractivity contribution in [3.05, 3.63) is 29.8 Å². The van der Waals surface area contributed by atoms with Crippen molar-refractivity contribution in [2.45, 2.75) is 12.7 Å². The van der Waals surface area contributed by atoms with Crippen LogP contribution < -0.4 is 10.1 Å². The van der Waals surface area contributed by atoms with Crippen LogP contribution in [0.3, 0.4) is 0 Å². The number of hydrogen-bond acceptors (Lipinski definition) is 3. The SMILES string of the molecule is O=C(CNCC(F)(F)F)N1CCOc2ccccc2C1. The molecule has 1 heterocycles. The Morgan fingerprint density at radius 2 is 2.10 bits per heavy atom. The van der Waals surface area contributed by atoms with Gasteiger partial charge in [0.2, 0.25) is 5.91 Å². The zero-order valence-electron chi connectivity index (χ0n) is 10.7. The molecule has 0 saturated heterocycles. The molecule has 7 heteroatoms. The van der Waals surface area contributed by atoms with Crippen LogP contribution >= 0.6 is 0 Å². The summed E-state index contributed by atoms with van der Waals surface area (Å²) in [5.74, 6) is 0.348. The molecule has 110 valence electrons. The molecule has 0 spiro atoms. The number of nitrogens with zero attached hydrogens (tertiary/aromatic N) is 1. The molecule has 0 aromatic heterocycles. The van der Waals surface area contributed by atoms with Crippen molar-refractivity contribution in [3.63, 3.8) is 0 Å². The Morgan fingerprint density at radius 3 is 2.85 bits per heavy atom. The number of ether oxygens (including phenoxy) is 1. The number of amides is 1. The lowest BCUT2D eigenvalue weighted by Crippen LogP contribution is -2.41. The van der Waals surface area contributed by atoms with Gasteiger partial charge in [0.15, 0.2) is 0 Å². The Morgan fingerprint density at radius 1 is 1.35 bits per heavy atom. The summed E-state index contributed by atoms with van der Waals surface area (Å²) >= 11 is 0. The van der Waals surface area contributed by atoms with Gasteiger partial charge in [0.25, 0.3) is 0 Å². The third-order valence-corrected chi connectivity index (χ3v) is 2.91. The Hall–Kier alpha value is -1.76. The van der Waals surface area contributed by atoms with Crippen LogP contribution in [0.25, 0.3) is 0 Å². The number of fused-ring (bicyclic) bond motifs is 1. The van der Waals surface area contributed by atoms with Gasteiger partial charge < -0.3 is 15.0 Å². The highest BCUT2D eigenvalue weighted by Crippen LogP contribution is 2.22. The lowest BCUT2D eigenvalue weighted by molar-refractivity contribution is -0.134. The second-order valence-corrected chi connectivity index (χ2v) is 4.49. The summed E-state index contributed by atoms with van der Waals surface area (Å²) in [7, 11) is 0. The fourth-order valence-corrected chi connectivity index (χ4v) is 1.96. The molecular formula is C13H15F3N2O2. The summed E-state index contributed by atoms with van der Waals surface area (Å²) in [6, 6.07) is 7.31. The molecule has 0 unspecified atom stereocenters. The van der Waals surface area contributed by atoms with Crippen molar-refractivity contribution in [2.24, 2.45) is 0 Å². The first-order valence-corrected chi connectivity index (χ1v) is 6.22. The van der Waals surface area contributed by atoms with Crippen molar-refractivity contribution >= 4 is 5.91 Å². The predicted molar refractivity (Wildman–Crippen MR) is 66.3 cm³/mol. The van der Waals surface area contributed by atoms with Gasteiger partial charge in [-0.25, -0.2) is 0 Å². The summed E-state index contributed by atoms with van der Waals surface area (Å²) in [5.41, 5.74) is 0.856. The quantitative estimate of drug-likeness (QED) is 0.917. The first-order valence-electron chi connectivity index (χ1n) is 6.22. The maximum absolute atomic E-state index is 12.0. The van der Waals surface area contributed by atoms with Crippen molar-refractivity contribution < 1.29 is 22.7 Å². The van der Waals surface area contributed by atoms with E-state index in [0.717, 1.165) is 5.56 Å². The highest BCUT2D eigenvalue weighted by molar-refractivity contribution is 5.78. The molecule has 1 N–H and O–H groups in total. The third kappa shape index (κ3) is 4.12. The minimum Gasteiger partial charge on any atom is -0.491 e. The average Bonchev–Trinajstić information content (AvgIpc) is 2.59.